The van der Waals surface area contributed by atoms with Crippen molar-refractivity contribution in [2.75, 3.05) is 19.7 Å². The molecule has 0 aliphatic heterocycles. The van der Waals surface area contributed by atoms with Gasteiger partial charge in [-0.1, -0.05) is 31.5 Å². The maximum atomic E-state index is 13.0. The molecular formula is C20H26N2O3. The second-order valence-electron chi connectivity index (χ2n) is 6.73. The van der Waals surface area contributed by atoms with Gasteiger partial charge in [-0.2, -0.15) is 0 Å². The van der Waals surface area contributed by atoms with Gasteiger partial charge in [0.2, 0.25) is 0 Å². The number of para-hydroxylation sites is 1. The summed E-state index contributed by atoms with van der Waals surface area (Å²) in [6.07, 6.45) is 2.81. The molecule has 1 saturated carbocycles. The summed E-state index contributed by atoms with van der Waals surface area (Å²) in [4.78, 5) is 29.9. The van der Waals surface area contributed by atoms with Crippen molar-refractivity contribution in [3.63, 3.8) is 0 Å². The number of nitrogens with one attached hydrogen (secondary N) is 1. The van der Waals surface area contributed by atoms with Gasteiger partial charge in [0.15, 0.2) is 0 Å². The molecule has 1 aromatic heterocycles. The number of hydrogen-bond acceptors (Lipinski definition) is 3. The predicted molar refractivity (Wildman–Crippen MR) is 97.3 cm³/mol. The number of amides is 1. The second-order valence-corrected chi connectivity index (χ2v) is 6.73. The molecular weight excluding hydrogens is 316 g/mol. The van der Waals surface area contributed by atoms with E-state index in [1.165, 1.54) is 0 Å². The molecule has 1 fully saturated rings. The number of ether oxygens (including phenoxy) is 1. The van der Waals surface area contributed by atoms with Crippen LogP contribution in [0.15, 0.2) is 30.3 Å². The van der Waals surface area contributed by atoms with Crippen LogP contribution in [0.4, 0.5) is 0 Å². The molecule has 1 aliphatic rings. The van der Waals surface area contributed by atoms with E-state index in [2.05, 4.69) is 11.9 Å². The number of aromatic amines is 1. The summed E-state index contributed by atoms with van der Waals surface area (Å²) < 4.78 is 5.10. The first-order valence-electron chi connectivity index (χ1n) is 9.17. The Morgan fingerprint density at radius 3 is 2.80 bits per heavy atom. The Morgan fingerprint density at radius 1 is 1.28 bits per heavy atom. The first kappa shape index (κ1) is 17.5. The maximum Gasteiger partial charge on any atom is 0.309 e. The zero-order valence-corrected chi connectivity index (χ0v) is 15.0. The molecule has 0 saturated heterocycles. The predicted octanol–water partition coefficient (Wildman–Crippen LogP) is 3.61. The summed E-state index contributed by atoms with van der Waals surface area (Å²) >= 11 is 0. The van der Waals surface area contributed by atoms with Gasteiger partial charge in [-0.3, -0.25) is 9.59 Å². The molecule has 1 heterocycles. The van der Waals surface area contributed by atoms with Gasteiger partial charge in [-0.25, -0.2) is 0 Å². The van der Waals surface area contributed by atoms with Crippen molar-refractivity contribution in [3.05, 3.63) is 36.0 Å². The highest BCUT2D eigenvalue weighted by Crippen LogP contribution is 2.40. The van der Waals surface area contributed by atoms with Crippen LogP contribution in [-0.2, 0) is 9.53 Å². The smallest absolute Gasteiger partial charge is 0.309 e. The Bertz CT molecular complexity index is 719. The summed E-state index contributed by atoms with van der Waals surface area (Å²) in [6, 6.07) is 9.80. The number of benzene rings is 1. The van der Waals surface area contributed by atoms with Crippen molar-refractivity contribution >= 4 is 22.8 Å². The highest BCUT2D eigenvalue weighted by atomic mass is 16.5. The Morgan fingerprint density at radius 2 is 2.08 bits per heavy atom. The number of H-pyrrole nitrogens is 1. The Hall–Kier alpha value is -2.30. The molecule has 2 atom stereocenters. The minimum atomic E-state index is -0.124. The summed E-state index contributed by atoms with van der Waals surface area (Å²) in [5, 5.41) is 1.04. The lowest BCUT2D eigenvalue weighted by molar-refractivity contribution is -0.145. The molecule has 25 heavy (non-hydrogen) atoms. The number of carbonyl (C=O) groups excluding carboxylic acids is 2. The summed E-state index contributed by atoms with van der Waals surface area (Å²) in [5.41, 5.74) is 1.59. The van der Waals surface area contributed by atoms with Crippen molar-refractivity contribution in [3.8, 4) is 0 Å². The normalized spacial score (nSPS) is 19.0. The number of aromatic nitrogens is 1. The average Bonchev–Trinajstić information content (AvgIpc) is 3.25. The Kier molecular flexibility index (Phi) is 5.41. The fourth-order valence-electron chi connectivity index (χ4n) is 3.25. The quantitative estimate of drug-likeness (QED) is 0.746. The standard InChI is InChI=1S/C20H26N2O3/c1-3-5-10-22(13-15-11-16(15)20(24)25-4-2)19(23)18-12-14-8-6-7-9-17(14)21-18/h6-9,12,15-16,21H,3-5,10-11,13H2,1-2H3. The zero-order chi connectivity index (χ0) is 17.8. The first-order valence-corrected chi connectivity index (χ1v) is 9.17. The summed E-state index contributed by atoms with van der Waals surface area (Å²) in [6.45, 7) is 5.69. The number of esters is 1. The van der Waals surface area contributed by atoms with Crippen LogP contribution in [0.3, 0.4) is 0 Å². The monoisotopic (exact) mass is 342 g/mol. The zero-order valence-electron chi connectivity index (χ0n) is 15.0. The van der Waals surface area contributed by atoms with Gasteiger partial charge in [0.25, 0.3) is 5.91 Å². The average molecular weight is 342 g/mol. The minimum absolute atomic E-state index is 0.0131. The van der Waals surface area contributed by atoms with Crippen LogP contribution in [0.2, 0.25) is 0 Å². The number of unbranched alkanes of at least 4 members (excludes halogenated alkanes) is 1. The van der Waals surface area contributed by atoms with Gasteiger partial charge >= 0.3 is 5.97 Å². The van der Waals surface area contributed by atoms with Crippen LogP contribution in [-0.4, -0.2) is 41.5 Å². The van der Waals surface area contributed by atoms with Gasteiger partial charge in [-0.15, -0.1) is 0 Å². The molecule has 134 valence electrons. The SMILES string of the molecule is CCCCN(CC1CC1C(=O)OCC)C(=O)c1cc2ccccc2[nH]1. The molecule has 1 N–H and O–H groups in total. The summed E-state index contributed by atoms with van der Waals surface area (Å²) in [7, 11) is 0. The number of fused-ring (bicyclic) bond motifs is 1. The van der Waals surface area contributed by atoms with Crippen molar-refractivity contribution < 1.29 is 14.3 Å². The second kappa shape index (κ2) is 7.72. The molecule has 1 amide bonds. The molecule has 0 bridgehead atoms. The van der Waals surface area contributed by atoms with Gasteiger partial charge < -0.3 is 14.6 Å². The van der Waals surface area contributed by atoms with Gasteiger partial charge in [0, 0.05) is 24.0 Å². The third kappa shape index (κ3) is 4.03. The fraction of sp³-hybridized carbons (Fsp3) is 0.500. The lowest BCUT2D eigenvalue weighted by atomic mass is 10.2. The molecule has 5 nitrogen and oxygen atoms in total. The van der Waals surface area contributed by atoms with Crippen molar-refractivity contribution in [2.24, 2.45) is 11.8 Å². The molecule has 1 aliphatic carbocycles. The number of hydrogen-bond donors (Lipinski definition) is 1. The molecule has 0 radical (unpaired) electrons. The van der Waals surface area contributed by atoms with E-state index in [1.54, 1.807) is 0 Å². The largest absolute Gasteiger partial charge is 0.466 e. The number of nitrogens with zero attached hydrogens (tertiary/aromatic N) is 1. The summed E-state index contributed by atoms with van der Waals surface area (Å²) in [5.74, 6) is 0.0731. The van der Waals surface area contributed by atoms with Gasteiger partial charge in [0.1, 0.15) is 5.69 Å². The van der Waals surface area contributed by atoms with Crippen molar-refractivity contribution in [2.45, 2.75) is 33.1 Å². The third-order valence-corrected chi connectivity index (χ3v) is 4.80. The van der Waals surface area contributed by atoms with E-state index in [0.717, 1.165) is 36.7 Å². The molecule has 2 unspecified atom stereocenters. The maximum absolute atomic E-state index is 13.0. The van der Waals surface area contributed by atoms with E-state index in [1.807, 2.05) is 42.2 Å². The van der Waals surface area contributed by atoms with E-state index in [4.69, 9.17) is 4.74 Å². The molecule has 0 spiro atoms. The fourth-order valence-corrected chi connectivity index (χ4v) is 3.25. The third-order valence-electron chi connectivity index (χ3n) is 4.80. The first-order chi connectivity index (χ1) is 12.1. The van der Waals surface area contributed by atoms with Crippen LogP contribution < -0.4 is 0 Å². The van der Waals surface area contributed by atoms with Crippen molar-refractivity contribution in [1.29, 1.82) is 0 Å². The molecule has 2 aromatic rings. The van der Waals surface area contributed by atoms with E-state index in [9.17, 15) is 9.59 Å². The molecule has 5 heteroatoms. The van der Waals surface area contributed by atoms with Crippen molar-refractivity contribution in [1.82, 2.24) is 9.88 Å². The lowest BCUT2D eigenvalue weighted by Gasteiger charge is -2.22. The molecule has 1 aromatic carbocycles. The highest BCUT2D eigenvalue weighted by Gasteiger charge is 2.45. The van der Waals surface area contributed by atoms with E-state index < -0.39 is 0 Å². The number of rotatable bonds is 8. The van der Waals surface area contributed by atoms with Crippen LogP contribution in [0, 0.1) is 11.8 Å². The highest BCUT2D eigenvalue weighted by molar-refractivity contribution is 5.98. The molecule has 3 rings (SSSR count). The number of carbonyl (C=O) groups is 2. The van der Waals surface area contributed by atoms with Crippen LogP contribution >= 0.6 is 0 Å². The van der Waals surface area contributed by atoms with Gasteiger partial charge in [0.05, 0.1) is 12.5 Å². The van der Waals surface area contributed by atoms with E-state index >= 15 is 0 Å². The van der Waals surface area contributed by atoms with Crippen LogP contribution in [0.25, 0.3) is 10.9 Å². The van der Waals surface area contributed by atoms with E-state index in [0.29, 0.717) is 18.8 Å². The lowest BCUT2D eigenvalue weighted by Crippen LogP contribution is -2.34. The van der Waals surface area contributed by atoms with E-state index in [-0.39, 0.29) is 23.7 Å². The van der Waals surface area contributed by atoms with Gasteiger partial charge in [-0.05, 0) is 37.8 Å². The topological polar surface area (TPSA) is 62.4 Å². The minimum Gasteiger partial charge on any atom is -0.466 e. The Balaban J connectivity index is 1.69. The van der Waals surface area contributed by atoms with Crippen LogP contribution in [0.1, 0.15) is 43.6 Å². The van der Waals surface area contributed by atoms with Crippen LogP contribution in [0.5, 0.6) is 0 Å². The Labute approximate surface area is 148 Å².